The average Bonchev–Trinajstić information content (AvgIpc) is 2.03. The van der Waals surface area contributed by atoms with Crippen LogP contribution in [-0.4, -0.2) is 15.0 Å². The van der Waals surface area contributed by atoms with Crippen LogP contribution in [0.5, 0.6) is 0 Å². The molecule has 74 valence electrons. The summed E-state index contributed by atoms with van der Waals surface area (Å²) in [6, 6.07) is 0. The minimum Gasteiger partial charge on any atom is -1.00 e. The molecule has 4 heteroatoms. The summed E-state index contributed by atoms with van der Waals surface area (Å²) in [4.78, 5) is 10.4. The third-order valence-corrected chi connectivity index (χ3v) is 2.98. The van der Waals surface area contributed by atoms with Gasteiger partial charge in [-0.1, -0.05) is 61.6 Å². The summed E-state index contributed by atoms with van der Waals surface area (Å²) in [5, 5.41) is 8.58. The largest absolute Gasteiger partial charge is 1.00 e. The van der Waals surface area contributed by atoms with Gasteiger partial charge >= 0.3 is 35.5 Å². The summed E-state index contributed by atoms with van der Waals surface area (Å²) in [5.41, 5.74) is 0. The van der Waals surface area contributed by atoms with Crippen LogP contribution in [0.1, 0.15) is 46.9 Å². The van der Waals surface area contributed by atoms with Crippen molar-refractivity contribution in [2.24, 2.45) is 0 Å². The van der Waals surface area contributed by atoms with E-state index in [-0.39, 0.29) is 34.9 Å². The third-order valence-electron chi connectivity index (χ3n) is 1.83. The first-order valence-corrected chi connectivity index (χ1v) is 5.80. The summed E-state index contributed by atoms with van der Waals surface area (Å²) in [5.74, 6) is -0.675. The minimum atomic E-state index is -0.675. The molecule has 0 aromatic rings. The Balaban J connectivity index is -0.000000605. The molecule has 13 heavy (non-hydrogen) atoms. The monoisotopic (exact) mass is 308 g/mol. The van der Waals surface area contributed by atoms with Crippen LogP contribution in [0.3, 0.4) is 0 Å². The molecule has 0 heterocycles. The van der Waals surface area contributed by atoms with Gasteiger partial charge in [-0.3, -0.25) is 4.79 Å². The van der Waals surface area contributed by atoms with Crippen molar-refractivity contribution in [3.8, 4) is 0 Å². The molecule has 0 saturated heterocycles. The van der Waals surface area contributed by atoms with Gasteiger partial charge in [-0.25, -0.2) is 0 Å². The van der Waals surface area contributed by atoms with Gasteiger partial charge in [-0.15, -0.1) is 0 Å². The number of unbranched alkanes of at least 4 members (excludes halogenated alkanes) is 4. The Hall–Kier alpha value is 1.20. The van der Waals surface area contributed by atoms with Crippen LogP contribution < -0.4 is 29.6 Å². The van der Waals surface area contributed by atoms with Gasteiger partial charge in [0, 0.05) is 0 Å². The molecule has 0 aliphatic carbocycles. The van der Waals surface area contributed by atoms with E-state index in [1.165, 1.54) is 25.7 Å². The molecule has 0 aliphatic rings. The molecular formula is C9H18INaO2. The predicted octanol–water partition coefficient (Wildman–Crippen LogP) is 0.352. The number of carbonyl (C=O) groups is 1. The van der Waals surface area contributed by atoms with Gasteiger partial charge in [-0.2, -0.15) is 0 Å². The van der Waals surface area contributed by atoms with Gasteiger partial charge in [0.2, 0.25) is 0 Å². The van der Waals surface area contributed by atoms with Crippen molar-refractivity contribution < 1.29 is 40.9 Å². The Morgan fingerprint density at radius 1 is 1.38 bits per heavy atom. The first-order chi connectivity index (χ1) is 5.68. The van der Waals surface area contributed by atoms with E-state index in [0.29, 0.717) is 0 Å². The topological polar surface area (TPSA) is 37.3 Å². The van der Waals surface area contributed by atoms with Gasteiger partial charge in [0.05, 0.1) is 0 Å². The van der Waals surface area contributed by atoms with E-state index in [2.05, 4.69) is 6.92 Å². The van der Waals surface area contributed by atoms with Crippen LogP contribution >= 0.6 is 22.6 Å². The minimum absolute atomic E-state index is 0. The molecule has 0 fully saturated rings. The van der Waals surface area contributed by atoms with Crippen LogP contribution in [0, 0.1) is 0 Å². The molecule has 1 N–H and O–H groups in total. The molecule has 0 rings (SSSR count). The predicted molar refractivity (Wildman–Crippen MR) is 59.9 cm³/mol. The zero-order valence-corrected chi connectivity index (χ0v) is 12.7. The maximum atomic E-state index is 10.4. The zero-order chi connectivity index (χ0) is 9.40. The fraction of sp³-hybridized carbons (Fsp3) is 0.889. The van der Waals surface area contributed by atoms with Gasteiger partial charge in [0.25, 0.3) is 0 Å². The zero-order valence-electron chi connectivity index (χ0n) is 9.55. The summed E-state index contributed by atoms with van der Waals surface area (Å²) >= 11 is 1.99. The van der Waals surface area contributed by atoms with Crippen LogP contribution in [0.15, 0.2) is 0 Å². The van der Waals surface area contributed by atoms with Crippen molar-refractivity contribution in [1.29, 1.82) is 0 Å². The van der Waals surface area contributed by atoms with Gasteiger partial charge in [-0.05, 0) is 6.42 Å². The van der Waals surface area contributed by atoms with Crippen molar-refractivity contribution in [3.05, 3.63) is 0 Å². The molecule has 2 nitrogen and oxygen atoms in total. The molecule has 0 spiro atoms. The van der Waals surface area contributed by atoms with E-state index in [1.807, 2.05) is 22.6 Å². The van der Waals surface area contributed by atoms with Crippen LogP contribution in [-0.2, 0) is 4.79 Å². The number of rotatable bonds is 7. The van der Waals surface area contributed by atoms with Crippen LogP contribution in [0.4, 0.5) is 0 Å². The van der Waals surface area contributed by atoms with E-state index in [0.717, 1.165) is 12.8 Å². The Kier molecular flexibility index (Phi) is 14.4. The van der Waals surface area contributed by atoms with Gasteiger partial charge in [0.15, 0.2) is 0 Å². The second kappa shape index (κ2) is 11.3. The van der Waals surface area contributed by atoms with Crippen molar-refractivity contribution >= 4 is 28.6 Å². The second-order valence-electron chi connectivity index (χ2n) is 3.01. The first kappa shape index (κ1) is 16.6. The maximum absolute atomic E-state index is 10.4. The Labute approximate surface area is 118 Å². The van der Waals surface area contributed by atoms with Crippen molar-refractivity contribution in [2.45, 2.75) is 49.4 Å². The average molecular weight is 308 g/mol. The summed E-state index contributed by atoms with van der Waals surface area (Å²) in [6.45, 7) is 2.18. The number of halogens is 1. The van der Waals surface area contributed by atoms with E-state index >= 15 is 0 Å². The Morgan fingerprint density at radius 3 is 2.38 bits per heavy atom. The van der Waals surface area contributed by atoms with E-state index < -0.39 is 5.97 Å². The molecule has 0 aliphatic heterocycles. The quantitative estimate of drug-likeness (QED) is 0.319. The Bertz CT molecular complexity index is 136. The fourth-order valence-corrected chi connectivity index (χ4v) is 1.49. The van der Waals surface area contributed by atoms with Crippen molar-refractivity contribution in [1.82, 2.24) is 0 Å². The fourth-order valence-electron chi connectivity index (χ4n) is 1.05. The molecule has 0 saturated carbocycles. The van der Waals surface area contributed by atoms with Crippen molar-refractivity contribution in [3.63, 3.8) is 0 Å². The molecule has 0 amide bonds. The molecule has 0 bridgehead atoms. The van der Waals surface area contributed by atoms with Gasteiger partial charge in [0.1, 0.15) is 3.92 Å². The summed E-state index contributed by atoms with van der Waals surface area (Å²) < 4.78 is -0.191. The number of alkyl halides is 1. The van der Waals surface area contributed by atoms with E-state index in [4.69, 9.17) is 5.11 Å². The number of aliphatic carboxylic acids is 1. The standard InChI is InChI=1S/C9H17IO2.Na.H/c1-2-3-4-5-6-7-8(10)9(11)12;;/h8H,2-7H2,1H3,(H,11,12);;/q;+1;-1. The number of carboxylic acids is 1. The van der Waals surface area contributed by atoms with Crippen molar-refractivity contribution in [2.75, 3.05) is 0 Å². The first-order valence-electron chi connectivity index (χ1n) is 4.55. The Morgan fingerprint density at radius 2 is 1.92 bits per heavy atom. The van der Waals surface area contributed by atoms with E-state index in [1.54, 1.807) is 0 Å². The van der Waals surface area contributed by atoms with E-state index in [9.17, 15) is 4.79 Å². The SMILES string of the molecule is CCCCCCCC(I)C(=O)O.[H-].[Na+]. The second-order valence-corrected chi connectivity index (χ2v) is 4.51. The number of carboxylic acid groups (broad SMARTS) is 1. The molecule has 0 radical (unpaired) electrons. The third kappa shape index (κ3) is 11.1. The van der Waals surface area contributed by atoms with Crippen LogP contribution in [0.2, 0.25) is 0 Å². The summed E-state index contributed by atoms with van der Waals surface area (Å²) in [6.07, 6.45) is 6.82. The molecule has 1 unspecified atom stereocenters. The maximum Gasteiger partial charge on any atom is 1.00 e. The summed E-state index contributed by atoms with van der Waals surface area (Å²) in [7, 11) is 0. The smallest absolute Gasteiger partial charge is 1.00 e. The molecule has 0 aromatic heterocycles. The molecule has 1 atom stereocenters. The number of hydrogen-bond donors (Lipinski definition) is 1. The normalized spacial score (nSPS) is 11.8. The molecule has 0 aromatic carbocycles. The van der Waals surface area contributed by atoms with Gasteiger partial charge < -0.3 is 6.53 Å². The number of hydrogen-bond acceptors (Lipinski definition) is 1. The molecular weight excluding hydrogens is 290 g/mol. The van der Waals surface area contributed by atoms with Crippen LogP contribution in [0.25, 0.3) is 0 Å².